The van der Waals surface area contributed by atoms with Crippen LogP contribution in [0.5, 0.6) is 0 Å². The number of nitrogens with one attached hydrogen (secondary N) is 1. The molecule has 0 aromatic heterocycles. The third kappa shape index (κ3) is 3.14. The van der Waals surface area contributed by atoms with Crippen LogP contribution in [0.2, 0.25) is 0 Å². The van der Waals surface area contributed by atoms with Crippen molar-refractivity contribution < 1.29 is 8.78 Å². The van der Waals surface area contributed by atoms with Crippen molar-refractivity contribution in [3.8, 4) is 0 Å². The van der Waals surface area contributed by atoms with E-state index in [0.717, 1.165) is 19.5 Å². The molecular weight excluding hydrogens is 210 g/mol. The van der Waals surface area contributed by atoms with Gasteiger partial charge in [-0.25, -0.2) is 8.78 Å². The van der Waals surface area contributed by atoms with E-state index < -0.39 is 12.0 Å². The van der Waals surface area contributed by atoms with Gasteiger partial charge in [-0.05, 0) is 46.2 Å². The second-order valence-electron chi connectivity index (χ2n) is 4.97. The summed E-state index contributed by atoms with van der Waals surface area (Å²) in [6.45, 7) is 8.49. The Hall–Kier alpha value is -0.220. The van der Waals surface area contributed by atoms with Crippen LogP contribution in [0, 0.1) is 0 Å². The molecule has 16 heavy (non-hydrogen) atoms. The molecule has 1 N–H and O–H groups in total. The molecule has 96 valence electrons. The maximum Gasteiger partial charge on any atom is 0.256 e. The molecule has 4 heteroatoms. The molecule has 1 rings (SSSR count). The smallest absolute Gasteiger partial charge is 0.256 e. The highest BCUT2D eigenvalue weighted by atomic mass is 19.3. The third-order valence-electron chi connectivity index (χ3n) is 3.59. The Morgan fingerprint density at radius 2 is 1.94 bits per heavy atom. The maximum absolute atomic E-state index is 13.2. The molecular formula is C12H24F2N2. The predicted molar refractivity (Wildman–Crippen MR) is 63.0 cm³/mol. The zero-order valence-corrected chi connectivity index (χ0v) is 10.6. The number of nitrogens with zero attached hydrogens (tertiary/aromatic N) is 1. The Bertz CT molecular complexity index is 209. The van der Waals surface area contributed by atoms with Crippen molar-refractivity contribution in [1.82, 2.24) is 10.2 Å². The minimum atomic E-state index is -2.26. The molecule has 1 atom stereocenters. The van der Waals surface area contributed by atoms with Crippen LogP contribution in [0.15, 0.2) is 0 Å². The van der Waals surface area contributed by atoms with Crippen molar-refractivity contribution in [1.29, 1.82) is 0 Å². The molecule has 0 amide bonds. The Balaban J connectivity index is 2.67. The Labute approximate surface area is 97.4 Å². The summed E-state index contributed by atoms with van der Waals surface area (Å²) in [6, 6.07) is 0.454. The number of hydrogen-bond donors (Lipinski definition) is 1. The minimum Gasteiger partial charge on any atom is -0.307 e. The van der Waals surface area contributed by atoms with Crippen LogP contribution < -0.4 is 5.32 Å². The van der Waals surface area contributed by atoms with Gasteiger partial charge in [-0.15, -0.1) is 0 Å². The van der Waals surface area contributed by atoms with E-state index in [1.165, 1.54) is 0 Å². The van der Waals surface area contributed by atoms with Gasteiger partial charge >= 0.3 is 0 Å². The zero-order valence-electron chi connectivity index (χ0n) is 10.6. The fourth-order valence-corrected chi connectivity index (χ4v) is 2.52. The zero-order chi connectivity index (χ0) is 12.2. The molecule has 0 aliphatic carbocycles. The van der Waals surface area contributed by atoms with Crippen LogP contribution in [0.25, 0.3) is 0 Å². The lowest BCUT2D eigenvalue weighted by molar-refractivity contribution is 0.0207. The van der Waals surface area contributed by atoms with Crippen molar-refractivity contribution >= 4 is 0 Å². The first-order valence-corrected chi connectivity index (χ1v) is 6.29. The van der Waals surface area contributed by atoms with Gasteiger partial charge in [-0.3, -0.25) is 0 Å². The minimum absolute atomic E-state index is 0.454. The van der Waals surface area contributed by atoms with Gasteiger partial charge in [0.1, 0.15) is 0 Å². The molecule has 1 fully saturated rings. The van der Waals surface area contributed by atoms with E-state index in [2.05, 4.69) is 24.1 Å². The molecule has 1 unspecified atom stereocenters. The molecule has 0 saturated carbocycles. The first-order chi connectivity index (χ1) is 7.52. The molecule has 1 aliphatic rings. The fourth-order valence-electron chi connectivity index (χ4n) is 2.52. The predicted octanol–water partition coefficient (Wildman–Crippen LogP) is 2.49. The van der Waals surface area contributed by atoms with Gasteiger partial charge in [-0.1, -0.05) is 6.92 Å². The van der Waals surface area contributed by atoms with Crippen LogP contribution in [-0.2, 0) is 0 Å². The number of likely N-dealkylation sites (tertiary alicyclic amines) is 1. The van der Waals surface area contributed by atoms with Gasteiger partial charge in [0.05, 0.1) is 5.54 Å². The quantitative estimate of drug-likeness (QED) is 0.804. The first kappa shape index (κ1) is 13.8. The SMILES string of the molecule is CCNC1(C(F)F)CCCN(C(C)C)CC1. The molecule has 0 bridgehead atoms. The Kier molecular flexibility index (Phi) is 5.12. The van der Waals surface area contributed by atoms with Gasteiger partial charge in [0, 0.05) is 12.6 Å². The van der Waals surface area contributed by atoms with Crippen molar-refractivity contribution in [3.05, 3.63) is 0 Å². The Morgan fingerprint density at radius 3 is 2.44 bits per heavy atom. The molecule has 2 nitrogen and oxygen atoms in total. The van der Waals surface area contributed by atoms with Gasteiger partial charge in [0.15, 0.2) is 0 Å². The van der Waals surface area contributed by atoms with Gasteiger partial charge < -0.3 is 10.2 Å². The first-order valence-electron chi connectivity index (χ1n) is 6.29. The van der Waals surface area contributed by atoms with Crippen LogP contribution in [0.1, 0.15) is 40.0 Å². The molecule has 1 heterocycles. The van der Waals surface area contributed by atoms with Crippen LogP contribution in [0.4, 0.5) is 8.78 Å². The molecule has 0 radical (unpaired) electrons. The molecule has 0 spiro atoms. The summed E-state index contributed by atoms with van der Waals surface area (Å²) in [5.41, 5.74) is -0.946. The Morgan fingerprint density at radius 1 is 1.25 bits per heavy atom. The normalized spacial score (nSPS) is 28.7. The van der Waals surface area contributed by atoms with Crippen molar-refractivity contribution in [2.45, 2.75) is 58.0 Å². The second-order valence-corrected chi connectivity index (χ2v) is 4.97. The van der Waals surface area contributed by atoms with Crippen molar-refractivity contribution in [2.24, 2.45) is 0 Å². The number of halogens is 2. The highest BCUT2D eigenvalue weighted by molar-refractivity contribution is 4.93. The highest BCUT2D eigenvalue weighted by Gasteiger charge is 2.40. The molecule has 1 aliphatic heterocycles. The van der Waals surface area contributed by atoms with E-state index in [0.29, 0.717) is 25.4 Å². The van der Waals surface area contributed by atoms with Crippen LogP contribution in [-0.4, -0.2) is 42.5 Å². The third-order valence-corrected chi connectivity index (χ3v) is 3.59. The van der Waals surface area contributed by atoms with Crippen LogP contribution >= 0.6 is 0 Å². The maximum atomic E-state index is 13.2. The largest absolute Gasteiger partial charge is 0.307 e. The summed E-state index contributed by atoms with van der Waals surface area (Å²) in [6.07, 6.45) is -0.270. The average molecular weight is 234 g/mol. The number of rotatable bonds is 4. The van der Waals surface area contributed by atoms with Gasteiger partial charge in [0.2, 0.25) is 0 Å². The summed E-state index contributed by atoms with van der Waals surface area (Å²) in [7, 11) is 0. The van der Waals surface area contributed by atoms with E-state index in [9.17, 15) is 8.78 Å². The number of alkyl halides is 2. The fraction of sp³-hybridized carbons (Fsp3) is 1.00. The molecule has 0 aromatic carbocycles. The lowest BCUT2D eigenvalue weighted by atomic mass is 9.91. The van der Waals surface area contributed by atoms with E-state index in [1.54, 1.807) is 0 Å². The highest BCUT2D eigenvalue weighted by Crippen LogP contribution is 2.29. The summed E-state index contributed by atoms with van der Waals surface area (Å²) < 4.78 is 26.4. The lowest BCUT2D eigenvalue weighted by Gasteiger charge is -2.33. The van der Waals surface area contributed by atoms with Crippen molar-refractivity contribution in [3.63, 3.8) is 0 Å². The average Bonchev–Trinajstić information content (AvgIpc) is 2.42. The summed E-state index contributed by atoms with van der Waals surface area (Å²) in [5.74, 6) is 0. The lowest BCUT2D eigenvalue weighted by Crippen LogP contribution is -2.52. The van der Waals surface area contributed by atoms with E-state index in [4.69, 9.17) is 0 Å². The molecule has 1 saturated heterocycles. The molecule has 0 aromatic rings. The standard InChI is InChI=1S/C12H24F2N2/c1-4-15-12(11(13)14)6-5-8-16(9-7-12)10(2)3/h10-11,15H,4-9H2,1-3H3. The van der Waals surface area contributed by atoms with Crippen molar-refractivity contribution in [2.75, 3.05) is 19.6 Å². The monoisotopic (exact) mass is 234 g/mol. The van der Waals surface area contributed by atoms with Gasteiger partial charge in [-0.2, -0.15) is 0 Å². The van der Waals surface area contributed by atoms with E-state index in [1.807, 2.05) is 6.92 Å². The summed E-state index contributed by atoms with van der Waals surface area (Å²) in [4.78, 5) is 2.29. The number of hydrogen-bond acceptors (Lipinski definition) is 2. The summed E-state index contributed by atoms with van der Waals surface area (Å²) in [5, 5.41) is 3.02. The van der Waals surface area contributed by atoms with Gasteiger partial charge in [0.25, 0.3) is 6.43 Å². The summed E-state index contributed by atoms with van der Waals surface area (Å²) >= 11 is 0. The second kappa shape index (κ2) is 5.92. The van der Waals surface area contributed by atoms with E-state index >= 15 is 0 Å². The topological polar surface area (TPSA) is 15.3 Å². The van der Waals surface area contributed by atoms with Crippen LogP contribution in [0.3, 0.4) is 0 Å². The van der Waals surface area contributed by atoms with E-state index in [-0.39, 0.29) is 0 Å².